The molecule has 1 saturated heterocycles. The van der Waals surface area contributed by atoms with Gasteiger partial charge in [-0.05, 0) is 25.9 Å². The lowest BCUT2D eigenvalue weighted by Crippen LogP contribution is -2.30. The standard InChI is InChI=1S/C7H12NO2/c9-7(10)6-8-4-2-1-3-5-8/h6H,1-5H2,(H,9,10). The number of aliphatic carboxylic acids is 1. The monoisotopic (exact) mass is 142 g/mol. The quantitative estimate of drug-likeness (QED) is 0.617. The Morgan fingerprint density at radius 3 is 2.40 bits per heavy atom. The second kappa shape index (κ2) is 3.56. The summed E-state index contributed by atoms with van der Waals surface area (Å²) in [5.74, 6) is -0.832. The highest BCUT2D eigenvalue weighted by Gasteiger charge is 2.12. The lowest BCUT2D eigenvalue weighted by atomic mass is 10.1. The van der Waals surface area contributed by atoms with Crippen molar-refractivity contribution in [3.05, 3.63) is 6.54 Å². The Bertz CT molecular complexity index is 119. The van der Waals surface area contributed by atoms with Gasteiger partial charge in [0.15, 0.2) is 0 Å². The molecule has 0 aromatic rings. The van der Waals surface area contributed by atoms with Crippen LogP contribution in [0.25, 0.3) is 0 Å². The summed E-state index contributed by atoms with van der Waals surface area (Å²) in [6.07, 6.45) is 3.50. The van der Waals surface area contributed by atoms with Crippen molar-refractivity contribution in [2.24, 2.45) is 0 Å². The maximum Gasteiger partial charge on any atom is 0.323 e. The van der Waals surface area contributed by atoms with Gasteiger partial charge in [-0.25, -0.2) is 0 Å². The first-order chi connectivity index (χ1) is 4.79. The molecule has 1 N–H and O–H groups in total. The van der Waals surface area contributed by atoms with Crippen molar-refractivity contribution in [3.8, 4) is 0 Å². The molecule has 0 unspecified atom stereocenters. The molecular formula is C7H12NO2. The van der Waals surface area contributed by atoms with E-state index in [-0.39, 0.29) is 0 Å². The van der Waals surface area contributed by atoms with E-state index in [1.165, 1.54) is 13.0 Å². The van der Waals surface area contributed by atoms with E-state index < -0.39 is 5.97 Å². The number of carboxylic acids is 1. The van der Waals surface area contributed by atoms with Crippen LogP contribution in [0.2, 0.25) is 0 Å². The van der Waals surface area contributed by atoms with Gasteiger partial charge in [0.25, 0.3) is 0 Å². The van der Waals surface area contributed by atoms with Gasteiger partial charge in [0.05, 0.1) is 0 Å². The molecule has 1 heterocycles. The molecule has 0 aromatic carbocycles. The molecule has 0 spiro atoms. The molecule has 0 aliphatic carbocycles. The van der Waals surface area contributed by atoms with Crippen molar-refractivity contribution in [3.63, 3.8) is 0 Å². The van der Waals surface area contributed by atoms with E-state index in [0.29, 0.717) is 0 Å². The number of nitrogens with zero attached hydrogens (tertiary/aromatic N) is 1. The van der Waals surface area contributed by atoms with Crippen LogP contribution in [-0.4, -0.2) is 29.1 Å². The van der Waals surface area contributed by atoms with Crippen LogP contribution in [0.1, 0.15) is 19.3 Å². The van der Waals surface area contributed by atoms with E-state index in [1.54, 1.807) is 0 Å². The number of hydrogen-bond donors (Lipinski definition) is 1. The molecule has 1 aliphatic rings. The van der Waals surface area contributed by atoms with Crippen LogP contribution in [-0.2, 0) is 4.79 Å². The fraction of sp³-hybridized carbons (Fsp3) is 0.714. The van der Waals surface area contributed by atoms with E-state index in [0.717, 1.165) is 25.9 Å². The first-order valence-corrected chi connectivity index (χ1v) is 3.61. The van der Waals surface area contributed by atoms with Gasteiger partial charge in [-0.1, -0.05) is 6.42 Å². The fourth-order valence-corrected chi connectivity index (χ4v) is 1.20. The molecule has 1 aliphatic heterocycles. The first kappa shape index (κ1) is 7.54. The molecule has 0 saturated carbocycles. The molecule has 0 amide bonds. The first-order valence-electron chi connectivity index (χ1n) is 3.61. The number of rotatable bonds is 2. The fourth-order valence-electron chi connectivity index (χ4n) is 1.20. The van der Waals surface area contributed by atoms with Crippen LogP contribution < -0.4 is 0 Å². The van der Waals surface area contributed by atoms with Crippen LogP contribution in [0.15, 0.2) is 0 Å². The smallest absolute Gasteiger partial charge is 0.323 e. The van der Waals surface area contributed by atoms with Gasteiger partial charge in [0.2, 0.25) is 0 Å². The third kappa shape index (κ3) is 2.35. The molecule has 0 bridgehead atoms. The number of likely N-dealkylation sites (tertiary alicyclic amines) is 1. The molecule has 0 atom stereocenters. The highest BCUT2D eigenvalue weighted by molar-refractivity contribution is 5.75. The molecule has 3 heteroatoms. The maximum absolute atomic E-state index is 10.2. The predicted octanol–water partition coefficient (Wildman–Crippen LogP) is 0.719. The molecule has 1 fully saturated rings. The number of piperidine rings is 1. The summed E-state index contributed by atoms with van der Waals surface area (Å²) in [6.45, 7) is 3.10. The van der Waals surface area contributed by atoms with Crippen molar-refractivity contribution in [1.82, 2.24) is 4.90 Å². The largest absolute Gasteiger partial charge is 0.480 e. The van der Waals surface area contributed by atoms with E-state index in [2.05, 4.69) is 0 Å². The van der Waals surface area contributed by atoms with Crippen LogP contribution in [0.3, 0.4) is 0 Å². The lowest BCUT2D eigenvalue weighted by molar-refractivity contribution is -0.135. The summed E-state index contributed by atoms with van der Waals surface area (Å²) in [7, 11) is 0. The molecular weight excluding hydrogens is 130 g/mol. The summed E-state index contributed by atoms with van der Waals surface area (Å²) in [6, 6.07) is 0. The van der Waals surface area contributed by atoms with Gasteiger partial charge in [-0.2, -0.15) is 0 Å². The number of hydrogen-bond acceptors (Lipinski definition) is 2. The minimum atomic E-state index is -0.832. The molecule has 57 valence electrons. The summed E-state index contributed by atoms with van der Waals surface area (Å²) in [5.41, 5.74) is 0. The summed E-state index contributed by atoms with van der Waals surface area (Å²) >= 11 is 0. The van der Waals surface area contributed by atoms with Gasteiger partial charge in [0.1, 0.15) is 6.54 Å². The van der Waals surface area contributed by atoms with Gasteiger partial charge in [-0.15, -0.1) is 0 Å². The second-order valence-corrected chi connectivity index (χ2v) is 2.56. The summed E-state index contributed by atoms with van der Waals surface area (Å²) < 4.78 is 0. The Kier molecular flexibility index (Phi) is 2.68. The Hall–Kier alpha value is -0.570. The van der Waals surface area contributed by atoms with E-state index in [1.807, 2.05) is 4.90 Å². The maximum atomic E-state index is 10.2. The van der Waals surface area contributed by atoms with Crippen LogP contribution in [0.5, 0.6) is 0 Å². The van der Waals surface area contributed by atoms with Crippen molar-refractivity contribution in [2.75, 3.05) is 13.1 Å². The van der Waals surface area contributed by atoms with Crippen LogP contribution in [0, 0.1) is 6.54 Å². The zero-order valence-electron chi connectivity index (χ0n) is 5.92. The van der Waals surface area contributed by atoms with Crippen molar-refractivity contribution >= 4 is 5.97 Å². The molecule has 1 rings (SSSR count). The van der Waals surface area contributed by atoms with Crippen molar-refractivity contribution in [2.45, 2.75) is 19.3 Å². The third-order valence-corrected chi connectivity index (χ3v) is 1.68. The van der Waals surface area contributed by atoms with E-state index in [9.17, 15) is 4.79 Å². The lowest BCUT2D eigenvalue weighted by Gasteiger charge is -2.23. The zero-order valence-corrected chi connectivity index (χ0v) is 5.92. The molecule has 1 radical (unpaired) electrons. The SMILES string of the molecule is O=C(O)[CH]N1CCCCC1. The van der Waals surface area contributed by atoms with Gasteiger partial charge in [0, 0.05) is 0 Å². The van der Waals surface area contributed by atoms with Gasteiger partial charge in [-0.3, -0.25) is 9.69 Å². The highest BCUT2D eigenvalue weighted by atomic mass is 16.4. The number of carbonyl (C=O) groups is 1. The van der Waals surface area contributed by atoms with Crippen LogP contribution >= 0.6 is 0 Å². The third-order valence-electron chi connectivity index (χ3n) is 1.68. The minimum Gasteiger partial charge on any atom is -0.480 e. The van der Waals surface area contributed by atoms with Crippen molar-refractivity contribution < 1.29 is 9.90 Å². The minimum absolute atomic E-state index is 0.832. The van der Waals surface area contributed by atoms with Crippen molar-refractivity contribution in [1.29, 1.82) is 0 Å². The number of carboxylic acid groups (broad SMARTS) is 1. The predicted molar refractivity (Wildman–Crippen MR) is 37.4 cm³/mol. The molecule has 0 aromatic heterocycles. The topological polar surface area (TPSA) is 40.5 Å². The summed E-state index contributed by atoms with van der Waals surface area (Å²) in [4.78, 5) is 12.0. The van der Waals surface area contributed by atoms with E-state index in [4.69, 9.17) is 5.11 Å². The Morgan fingerprint density at radius 2 is 1.90 bits per heavy atom. The van der Waals surface area contributed by atoms with E-state index >= 15 is 0 Å². The van der Waals surface area contributed by atoms with Crippen LogP contribution in [0.4, 0.5) is 0 Å². The van der Waals surface area contributed by atoms with Gasteiger partial charge >= 0.3 is 5.97 Å². The summed E-state index contributed by atoms with van der Waals surface area (Å²) in [5, 5.41) is 8.37. The molecule has 3 nitrogen and oxygen atoms in total. The highest BCUT2D eigenvalue weighted by Crippen LogP contribution is 2.09. The average molecular weight is 142 g/mol. The Morgan fingerprint density at radius 1 is 1.30 bits per heavy atom. The normalized spacial score (nSPS) is 20.8. The Labute approximate surface area is 60.6 Å². The Balaban J connectivity index is 2.19. The zero-order chi connectivity index (χ0) is 7.40. The van der Waals surface area contributed by atoms with Gasteiger partial charge < -0.3 is 5.11 Å². The second-order valence-electron chi connectivity index (χ2n) is 2.56. The molecule has 10 heavy (non-hydrogen) atoms. The average Bonchev–Trinajstić information content (AvgIpc) is 1.88.